The number of fused-ring (bicyclic) bond motifs is 1. The van der Waals surface area contributed by atoms with Gasteiger partial charge in [-0.1, -0.05) is 11.3 Å². The summed E-state index contributed by atoms with van der Waals surface area (Å²) in [6.45, 7) is 3.58. The number of thiazole rings is 1. The summed E-state index contributed by atoms with van der Waals surface area (Å²) < 4.78 is 5.61. The van der Waals surface area contributed by atoms with E-state index in [9.17, 15) is 0 Å². The molecule has 1 aliphatic rings. The molecule has 1 aliphatic heterocycles. The average Bonchev–Trinajstić information content (AvgIpc) is 3.01. The van der Waals surface area contributed by atoms with E-state index in [-0.39, 0.29) is 18.6 Å². The monoisotopic (exact) mass is 279 g/mol. The SMILES string of the molecule is Cc1ccc2nc(NCC3CC(CO)CO3)sc2n1. The maximum Gasteiger partial charge on any atom is 0.185 e. The van der Waals surface area contributed by atoms with Crippen molar-refractivity contribution in [2.75, 3.05) is 25.1 Å². The Morgan fingerprint density at radius 1 is 1.47 bits per heavy atom. The average molecular weight is 279 g/mol. The molecule has 102 valence electrons. The maximum atomic E-state index is 9.07. The zero-order chi connectivity index (χ0) is 13.2. The highest BCUT2D eigenvalue weighted by Crippen LogP contribution is 2.25. The first-order chi connectivity index (χ1) is 9.24. The van der Waals surface area contributed by atoms with E-state index in [1.807, 2.05) is 19.1 Å². The van der Waals surface area contributed by atoms with Gasteiger partial charge in [0.2, 0.25) is 0 Å². The molecule has 0 radical (unpaired) electrons. The van der Waals surface area contributed by atoms with Gasteiger partial charge in [0.25, 0.3) is 0 Å². The molecular formula is C13H17N3O2S. The molecule has 19 heavy (non-hydrogen) atoms. The minimum absolute atomic E-state index is 0.166. The summed E-state index contributed by atoms with van der Waals surface area (Å²) in [5, 5.41) is 13.3. The molecule has 0 aromatic carbocycles. The first-order valence-electron chi connectivity index (χ1n) is 6.45. The van der Waals surface area contributed by atoms with Gasteiger partial charge in [0, 0.05) is 24.8 Å². The van der Waals surface area contributed by atoms with Gasteiger partial charge >= 0.3 is 0 Å². The van der Waals surface area contributed by atoms with Gasteiger partial charge in [-0.2, -0.15) is 0 Å². The number of anilines is 1. The molecule has 2 aromatic rings. The smallest absolute Gasteiger partial charge is 0.185 e. The molecule has 0 aliphatic carbocycles. The van der Waals surface area contributed by atoms with E-state index >= 15 is 0 Å². The number of nitrogens with one attached hydrogen (secondary N) is 1. The Kier molecular flexibility index (Phi) is 3.63. The molecule has 0 bridgehead atoms. The lowest BCUT2D eigenvalue weighted by molar-refractivity contribution is 0.109. The van der Waals surface area contributed by atoms with E-state index in [2.05, 4.69) is 15.3 Å². The molecule has 2 unspecified atom stereocenters. The topological polar surface area (TPSA) is 67.3 Å². The van der Waals surface area contributed by atoms with Crippen LogP contribution in [0.15, 0.2) is 12.1 Å². The van der Waals surface area contributed by atoms with E-state index < -0.39 is 0 Å². The quantitative estimate of drug-likeness (QED) is 0.893. The van der Waals surface area contributed by atoms with Crippen molar-refractivity contribution in [1.29, 1.82) is 0 Å². The number of ether oxygens (including phenoxy) is 1. The Hall–Kier alpha value is -1.24. The largest absolute Gasteiger partial charge is 0.396 e. The lowest BCUT2D eigenvalue weighted by atomic mass is 10.1. The number of aryl methyl sites for hydroxylation is 1. The highest BCUT2D eigenvalue weighted by atomic mass is 32.1. The van der Waals surface area contributed by atoms with Crippen LogP contribution < -0.4 is 5.32 Å². The Bertz CT molecular complexity index is 572. The van der Waals surface area contributed by atoms with Crippen LogP contribution in [0, 0.1) is 12.8 Å². The maximum absolute atomic E-state index is 9.07. The van der Waals surface area contributed by atoms with Crippen LogP contribution in [0.2, 0.25) is 0 Å². The van der Waals surface area contributed by atoms with Gasteiger partial charge in [-0.25, -0.2) is 9.97 Å². The van der Waals surface area contributed by atoms with Crippen LogP contribution in [0.4, 0.5) is 5.13 Å². The summed E-state index contributed by atoms with van der Waals surface area (Å²) in [6.07, 6.45) is 1.07. The van der Waals surface area contributed by atoms with Crippen LogP contribution in [0.1, 0.15) is 12.1 Å². The van der Waals surface area contributed by atoms with Crippen molar-refractivity contribution in [2.24, 2.45) is 5.92 Å². The highest BCUT2D eigenvalue weighted by Gasteiger charge is 2.24. The van der Waals surface area contributed by atoms with E-state index in [0.717, 1.165) is 34.1 Å². The number of aliphatic hydroxyl groups excluding tert-OH is 1. The van der Waals surface area contributed by atoms with Crippen LogP contribution >= 0.6 is 11.3 Å². The summed E-state index contributed by atoms with van der Waals surface area (Å²) in [4.78, 5) is 9.91. The van der Waals surface area contributed by atoms with Crippen LogP contribution in [-0.2, 0) is 4.74 Å². The first kappa shape index (κ1) is 12.8. The van der Waals surface area contributed by atoms with E-state index in [4.69, 9.17) is 9.84 Å². The van der Waals surface area contributed by atoms with Crippen LogP contribution in [0.5, 0.6) is 0 Å². The molecule has 0 spiro atoms. The lowest BCUT2D eigenvalue weighted by Crippen LogP contribution is -2.18. The molecule has 2 atom stereocenters. The molecule has 0 amide bonds. The van der Waals surface area contributed by atoms with E-state index in [0.29, 0.717) is 6.61 Å². The molecule has 2 N–H and O–H groups in total. The molecule has 5 nitrogen and oxygen atoms in total. The van der Waals surface area contributed by atoms with Crippen molar-refractivity contribution in [2.45, 2.75) is 19.4 Å². The van der Waals surface area contributed by atoms with Gasteiger partial charge in [-0.15, -0.1) is 0 Å². The van der Waals surface area contributed by atoms with Gasteiger partial charge in [0.15, 0.2) is 5.13 Å². The predicted molar refractivity (Wildman–Crippen MR) is 75.6 cm³/mol. The van der Waals surface area contributed by atoms with E-state index in [1.54, 1.807) is 11.3 Å². The second-order valence-electron chi connectivity index (χ2n) is 4.92. The number of aromatic nitrogens is 2. The van der Waals surface area contributed by atoms with Crippen molar-refractivity contribution in [3.63, 3.8) is 0 Å². The van der Waals surface area contributed by atoms with Gasteiger partial charge in [0.1, 0.15) is 10.3 Å². The number of rotatable bonds is 4. The number of aliphatic hydroxyl groups is 1. The van der Waals surface area contributed by atoms with Crippen molar-refractivity contribution >= 4 is 26.8 Å². The zero-order valence-electron chi connectivity index (χ0n) is 10.8. The van der Waals surface area contributed by atoms with Gasteiger partial charge in [-0.3, -0.25) is 0 Å². The van der Waals surface area contributed by atoms with Crippen LogP contribution in [-0.4, -0.2) is 40.9 Å². The number of hydrogen-bond acceptors (Lipinski definition) is 6. The number of nitrogens with zero attached hydrogens (tertiary/aromatic N) is 2. The second-order valence-corrected chi connectivity index (χ2v) is 5.89. The van der Waals surface area contributed by atoms with Gasteiger partial charge in [-0.05, 0) is 25.5 Å². The Morgan fingerprint density at radius 2 is 2.37 bits per heavy atom. The zero-order valence-corrected chi connectivity index (χ0v) is 11.6. The van der Waals surface area contributed by atoms with Gasteiger partial charge in [0.05, 0.1) is 12.7 Å². The molecule has 6 heteroatoms. The first-order valence-corrected chi connectivity index (χ1v) is 7.27. The van der Waals surface area contributed by atoms with Crippen LogP contribution in [0.3, 0.4) is 0 Å². The summed E-state index contributed by atoms with van der Waals surface area (Å²) in [7, 11) is 0. The fourth-order valence-corrected chi connectivity index (χ4v) is 3.13. The van der Waals surface area contributed by atoms with Crippen molar-refractivity contribution in [3.05, 3.63) is 17.8 Å². The Labute approximate surface area is 115 Å². The fraction of sp³-hybridized carbons (Fsp3) is 0.538. The normalized spacial score (nSPS) is 23.1. The third-order valence-corrected chi connectivity index (χ3v) is 4.22. The van der Waals surface area contributed by atoms with Gasteiger partial charge < -0.3 is 15.2 Å². The molecule has 3 heterocycles. The fourth-order valence-electron chi connectivity index (χ4n) is 2.24. The van der Waals surface area contributed by atoms with Crippen molar-refractivity contribution < 1.29 is 9.84 Å². The van der Waals surface area contributed by atoms with Crippen LogP contribution in [0.25, 0.3) is 10.3 Å². The number of hydrogen-bond donors (Lipinski definition) is 2. The Balaban J connectivity index is 1.62. The molecule has 0 saturated carbocycles. The van der Waals surface area contributed by atoms with Crippen molar-refractivity contribution in [1.82, 2.24) is 9.97 Å². The van der Waals surface area contributed by atoms with Crippen molar-refractivity contribution in [3.8, 4) is 0 Å². The third kappa shape index (κ3) is 2.86. The second kappa shape index (κ2) is 5.40. The third-order valence-electron chi connectivity index (χ3n) is 3.30. The summed E-state index contributed by atoms with van der Waals surface area (Å²) in [5.41, 5.74) is 1.94. The molecule has 3 rings (SSSR count). The predicted octanol–water partition coefficient (Wildman–Crippen LogP) is 1.81. The lowest BCUT2D eigenvalue weighted by Gasteiger charge is -2.09. The summed E-state index contributed by atoms with van der Waals surface area (Å²) in [5.74, 6) is 0.284. The number of pyridine rings is 1. The summed E-state index contributed by atoms with van der Waals surface area (Å²) in [6, 6.07) is 3.96. The minimum atomic E-state index is 0.166. The minimum Gasteiger partial charge on any atom is -0.396 e. The standard InChI is InChI=1S/C13H17N3O2S/c1-8-2-3-11-12(15-8)19-13(16-11)14-5-10-4-9(6-17)7-18-10/h2-3,9-10,17H,4-7H2,1H3,(H,14,16). The molecule has 1 saturated heterocycles. The molecular weight excluding hydrogens is 262 g/mol. The highest BCUT2D eigenvalue weighted by molar-refractivity contribution is 7.21. The molecule has 2 aromatic heterocycles. The van der Waals surface area contributed by atoms with E-state index in [1.165, 1.54) is 0 Å². The molecule has 1 fully saturated rings. The summed E-state index contributed by atoms with van der Waals surface area (Å²) >= 11 is 1.56. The Morgan fingerprint density at radius 3 is 3.16 bits per heavy atom.